The van der Waals surface area contributed by atoms with Crippen LogP contribution in [0.4, 0.5) is 0 Å². The first-order valence-corrected chi connectivity index (χ1v) is 9.48. The molecule has 0 saturated heterocycles. The number of imidazole rings is 1. The van der Waals surface area contributed by atoms with Gasteiger partial charge < -0.3 is 9.47 Å². The Morgan fingerprint density at radius 2 is 2.00 bits per heavy atom. The predicted molar refractivity (Wildman–Crippen MR) is 106 cm³/mol. The number of carbonyl (C=O) groups excluding carboxylic acids is 1. The summed E-state index contributed by atoms with van der Waals surface area (Å²) in [5.41, 5.74) is 4.26. The van der Waals surface area contributed by atoms with Crippen LogP contribution in [0.3, 0.4) is 0 Å². The molecule has 0 fully saturated rings. The Kier molecular flexibility index (Phi) is 4.07. The van der Waals surface area contributed by atoms with Gasteiger partial charge in [0.2, 0.25) is 5.91 Å². The molecule has 0 N–H and O–H groups in total. The number of carbonyl (C=O) groups is 1. The van der Waals surface area contributed by atoms with E-state index in [-0.39, 0.29) is 5.91 Å². The van der Waals surface area contributed by atoms with Crippen LogP contribution in [0.1, 0.15) is 22.0 Å². The first-order chi connectivity index (χ1) is 12.4. The fourth-order valence-corrected chi connectivity index (χ4v) is 4.32. The lowest BCUT2D eigenvalue weighted by Gasteiger charge is -2.19. The summed E-state index contributed by atoms with van der Waals surface area (Å²) in [6.07, 6.45) is 2.09. The molecule has 0 aliphatic rings. The van der Waals surface area contributed by atoms with E-state index < -0.39 is 0 Å². The molecule has 3 heterocycles. The molecular formula is C20H22N4OS. The van der Waals surface area contributed by atoms with Crippen molar-refractivity contribution in [2.24, 2.45) is 0 Å². The van der Waals surface area contributed by atoms with Gasteiger partial charge in [0.1, 0.15) is 6.54 Å². The van der Waals surface area contributed by atoms with Crippen LogP contribution >= 0.6 is 11.3 Å². The molecule has 0 aliphatic heterocycles. The van der Waals surface area contributed by atoms with E-state index in [1.807, 2.05) is 33.0 Å². The highest BCUT2D eigenvalue weighted by Crippen LogP contribution is 2.22. The minimum atomic E-state index is 0.0933. The van der Waals surface area contributed by atoms with Gasteiger partial charge in [-0.25, -0.2) is 4.98 Å². The van der Waals surface area contributed by atoms with Gasteiger partial charge in [-0.05, 0) is 38.3 Å². The van der Waals surface area contributed by atoms with Gasteiger partial charge in [-0.3, -0.25) is 9.20 Å². The number of para-hydroxylation sites is 1. The molecule has 0 saturated carbocycles. The lowest BCUT2D eigenvalue weighted by atomic mass is 10.2. The Bertz CT molecular complexity index is 1120. The van der Waals surface area contributed by atoms with E-state index in [2.05, 4.69) is 45.3 Å². The van der Waals surface area contributed by atoms with Crippen molar-refractivity contribution in [3.05, 3.63) is 58.5 Å². The summed E-state index contributed by atoms with van der Waals surface area (Å²) in [5, 5.41) is 1.17. The van der Waals surface area contributed by atoms with E-state index in [9.17, 15) is 4.79 Å². The second-order valence-electron chi connectivity index (χ2n) is 6.82. The van der Waals surface area contributed by atoms with Crippen LogP contribution in [-0.4, -0.2) is 31.8 Å². The maximum absolute atomic E-state index is 12.9. The zero-order valence-corrected chi connectivity index (χ0v) is 16.3. The van der Waals surface area contributed by atoms with Gasteiger partial charge in [-0.15, -0.1) is 11.3 Å². The van der Waals surface area contributed by atoms with E-state index >= 15 is 0 Å². The lowest BCUT2D eigenvalue weighted by molar-refractivity contribution is -0.131. The average molecular weight is 366 g/mol. The summed E-state index contributed by atoms with van der Waals surface area (Å²) < 4.78 is 4.19. The normalized spacial score (nSPS) is 11.5. The number of likely N-dealkylation sites (N-methyl/N-ethyl adjacent to an activating group) is 1. The van der Waals surface area contributed by atoms with E-state index in [0.29, 0.717) is 13.1 Å². The fraction of sp³-hybridized carbons (Fsp3) is 0.300. The Labute approximate surface area is 156 Å². The van der Waals surface area contributed by atoms with Crippen molar-refractivity contribution in [3.63, 3.8) is 0 Å². The van der Waals surface area contributed by atoms with Crippen molar-refractivity contribution in [2.75, 3.05) is 7.05 Å². The molecule has 1 aromatic carbocycles. The van der Waals surface area contributed by atoms with Crippen molar-refractivity contribution < 1.29 is 4.79 Å². The number of thiazole rings is 1. The lowest BCUT2D eigenvalue weighted by Crippen LogP contribution is -2.30. The average Bonchev–Trinajstić information content (AvgIpc) is 3.20. The van der Waals surface area contributed by atoms with Crippen LogP contribution in [-0.2, 0) is 17.9 Å². The smallest absolute Gasteiger partial charge is 0.242 e. The number of aromatic nitrogens is 3. The maximum atomic E-state index is 12.9. The molecule has 0 radical (unpaired) electrons. The second kappa shape index (κ2) is 6.29. The highest BCUT2D eigenvalue weighted by atomic mass is 32.1. The largest absolute Gasteiger partial charge is 0.338 e. The zero-order chi connectivity index (χ0) is 18.4. The highest BCUT2D eigenvalue weighted by Gasteiger charge is 2.17. The van der Waals surface area contributed by atoms with Gasteiger partial charge in [0.15, 0.2) is 4.96 Å². The number of amides is 1. The van der Waals surface area contributed by atoms with Gasteiger partial charge >= 0.3 is 0 Å². The third-order valence-electron chi connectivity index (χ3n) is 4.86. The molecule has 26 heavy (non-hydrogen) atoms. The summed E-state index contributed by atoms with van der Waals surface area (Å²) in [4.78, 5) is 21.5. The van der Waals surface area contributed by atoms with Gasteiger partial charge in [0, 0.05) is 29.3 Å². The van der Waals surface area contributed by atoms with Gasteiger partial charge in [-0.2, -0.15) is 0 Å². The van der Waals surface area contributed by atoms with Crippen molar-refractivity contribution in [3.8, 4) is 0 Å². The summed E-state index contributed by atoms with van der Waals surface area (Å²) in [6, 6.07) is 10.3. The Morgan fingerprint density at radius 3 is 2.81 bits per heavy atom. The molecule has 0 aliphatic carbocycles. The summed E-state index contributed by atoms with van der Waals surface area (Å²) in [6.45, 7) is 7.03. The minimum absolute atomic E-state index is 0.0933. The molecule has 4 rings (SSSR count). The van der Waals surface area contributed by atoms with Crippen molar-refractivity contribution in [2.45, 2.75) is 33.9 Å². The number of hydrogen-bond acceptors (Lipinski definition) is 3. The number of nitrogens with zero attached hydrogens (tertiary/aromatic N) is 4. The van der Waals surface area contributed by atoms with Crippen molar-refractivity contribution in [1.29, 1.82) is 0 Å². The summed E-state index contributed by atoms with van der Waals surface area (Å²) in [5.74, 6) is 0.0933. The van der Waals surface area contributed by atoms with Crippen LogP contribution in [0.25, 0.3) is 15.9 Å². The number of aryl methyl sites for hydroxylation is 3. The molecule has 0 bridgehead atoms. The molecule has 0 unspecified atom stereocenters. The first kappa shape index (κ1) is 16.8. The van der Waals surface area contributed by atoms with Crippen LogP contribution in [0.2, 0.25) is 0 Å². The van der Waals surface area contributed by atoms with E-state index in [1.54, 1.807) is 16.2 Å². The fourth-order valence-electron chi connectivity index (χ4n) is 3.43. The van der Waals surface area contributed by atoms with E-state index in [0.717, 1.165) is 27.6 Å². The SMILES string of the molecule is Cc1cn2c(CN(C)C(=O)Cn3c(C)cc4ccccc43)c(C)nc2s1. The number of hydrogen-bond donors (Lipinski definition) is 0. The first-order valence-electron chi connectivity index (χ1n) is 8.67. The van der Waals surface area contributed by atoms with Crippen LogP contribution in [0, 0.1) is 20.8 Å². The Morgan fingerprint density at radius 1 is 1.23 bits per heavy atom. The molecule has 5 nitrogen and oxygen atoms in total. The van der Waals surface area contributed by atoms with E-state index in [4.69, 9.17) is 0 Å². The zero-order valence-electron chi connectivity index (χ0n) is 15.5. The van der Waals surface area contributed by atoms with Crippen LogP contribution < -0.4 is 0 Å². The summed E-state index contributed by atoms with van der Waals surface area (Å²) >= 11 is 1.67. The van der Waals surface area contributed by atoms with Gasteiger partial charge in [0.25, 0.3) is 0 Å². The quantitative estimate of drug-likeness (QED) is 0.549. The minimum Gasteiger partial charge on any atom is -0.338 e. The molecule has 3 aromatic heterocycles. The molecule has 4 aromatic rings. The number of rotatable bonds is 4. The van der Waals surface area contributed by atoms with Crippen LogP contribution in [0.5, 0.6) is 0 Å². The van der Waals surface area contributed by atoms with E-state index in [1.165, 1.54) is 10.3 Å². The molecule has 134 valence electrons. The predicted octanol–water partition coefficient (Wildman–Crippen LogP) is 3.93. The third kappa shape index (κ3) is 2.80. The van der Waals surface area contributed by atoms with Gasteiger partial charge in [0.05, 0.1) is 17.9 Å². The maximum Gasteiger partial charge on any atom is 0.242 e. The standard InChI is InChI=1S/C20H22N4OS/c1-13-9-16-7-5-6-8-17(16)23(13)12-19(25)22(4)11-18-15(3)21-20-24(18)10-14(2)26-20/h5-10H,11-12H2,1-4H3. The monoisotopic (exact) mass is 366 g/mol. The second-order valence-corrected chi connectivity index (χ2v) is 8.03. The van der Waals surface area contributed by atoms with Crippen molar-refractivity contribution in [1.82, 2.24) is 18.9 Å². The topological polar surface area (TPSA) is 42.5 Å². The Balaban J connectivity index is 1.57. The molecular weight excluding hydrogens is 344 g/mol. The Hall–Kier alpha value is -2.60. The molecule has 1 amide bonds. The van der Waals surface area contributed by atoms with Gasteiger partial charge in [-0.1, -0.05) is 18.2 Å². The number of fused-ring (bicyclic) bond motifs is 2. The van der Waals surface area contributed by atoms with Crippen molar-refractivity contribution >= 4 is 33.1 Å². The molecule has 6 heteroatoms. The molecule has 0 spiro atoms. The molecule has 0 atom stereocenters. The highest BCUT2D eigenvalue weighted by molar-refractivity contribution is 7.17. The van der Waals surface area contributed by atoms with Crippen LogP contribution in [0.15, 0.2) is 36.5 Å². The number of benzene rings is 1. The third-order valence-corrected chi connectivity index (χ3v) is 5.76. The summed E-state index contributed by atoms with van der Waals surface area (Å²) in [7, 11) is 1.86.